The highest BCUT2D eigenvalue weighted by Gasteiger charge is 2.27. The van der Waals surface area contributed by atoms with Crippen LogP contribution in [0.4, 0.5) is 10.1 Å². The first-order chi connectivity index (χ1) is 8.61. The molecule has 1 saturated heterocycles. The van der Waals surface area contributed by atoms with E-state index >= 15 is 0 Å². The highest BCUT2D eigenvalue weighted by molar-refractivity contribution is 5.51. The summed E-state index contributed by atoms with van der Waals surface area (Å²) >= 11 is 0. The van der Waals surface area contributed by atoms with Gasteiger partial charge in [-0.1, -0.05) is 13.8 Å². The van der Waals surface area contributed by atoms with Gasteiger partial charge in [0.05, 0.1) is 0 Å². The van der Waals surface area contributed by atoms with Gasteiger partial charge in [0.25, 0.3) is 0 Å². The van der Waals surface area contributed by atoms with E-state index in [1.54, 1.807) is 12.1 Å². The maximum Gasteiger partial charge on any atom is 0.125 e. The normalized spacial score (nSPS) is 19.8. The van der Waals surface area contributed by atoms with E-state index in [0.717, 1.165) is 17.8 Å². The highest BCUT2D eigenvalue weighted by Crippen LogP contribution is 2.30. The van der Waals surface area contributed by atoms with E-state index < -0.39 is 0 Å². The van der Waals surface area contributed by atoms with Crippen LogP contribution in [0.1, 0.15) is 32.3 Å². The molecular formula is C15H23FN2. The molecule has 3 heteroatoms. The van der Waals surface area contributed by atoms with Crippen LogP contribution in [0.15, 0.2) is 18.2 Å². The van der Waals surface area contributed by atoms with Crippen molar-refractivity contribution in [3.05, 3.63) is 29.6 Å². The third kappa shape index (κ3) is 2.83. The summed E-state index contributed by atoms with van der Waals surface area (Å²) in [7, 11) is 1.89. The van der Waals surface area contributed by atoms with E-state index in [9.17, 15) is 4.39 Å². The van der Waals surface area contributed by atoms with Gasteiger partial charge in [0.1, 0.15) is 5.82 Å². The average Bonchev–Trinajstić information content (AvgIpc) is 2.77. The zero-order chi connectivity index (χ0) is 13.1. The molecule has 1 fully saturated rings. The molecule has 0 radical (unpaired) electrons. The van der Waals surface area contributed by atoms with Gasteiger partial charge >= 0.3 is 0 Å². The van der Waals surface area contributed by atoms with Crippen molar-refractivity contribution in [2.24, 2.45) is 5.92 Å². The van der Waals surface area contributed by atoms with Gasteiger partial charge in [-0.2, -0.15) is 0 Å². The Kier molecular flexibility index (Phi) is 4.23. The molecule has 1 aromatic carbocycles. The molecule has 1 aromatic rings. The second-order valence-electron chi connectivity index (χ2n) is 5.49. The maximum atomic E-state index is 13.7. The van der Waals surface area contributed by atoms with Crippen molar-refractivity contribution in [3.63, 3.8) is 0 Å². The minimum atomic E-state index is -0.132. The number of nitrogens with zero attached hydrogens (tertiary/aromatic N) is 1. The second-order valence-corrected chi connectivity index (χ2v) is 5.49. The van der Waals surface area contributed by atoms with Gasteiger partial charge in [0.15, 0.2) is 0 Å². The molecule has 0 aliphatic carbocycles. The predicted molar refractivity (Wildman–Crippen MR) is 74.4 cm³/mol. The summed E-state index contributed by atoms with van der Waals surface area (Å²) in [5.74, 6) is 0.482. The van der Waals surface area contributed by atoms with Crippen LogP contribution in [-0.4, -0.2) is 19.6 Å². The molecule has 18 heavy (non-hydrogen) atoms. The van der Waals surface area contributed by atoms with Gasteiger partial charge in [0, 0.05) is 24.8 Å². The average molecular weight is 250 g/mol. The number of rotatable bonds is 4. The lowest BCUT2D eigenvalue weighted by Crippen LogP contribution is -2.33. The van der Waals surface area contributed by atoms with E-state index in [2.05, 4.69) is 30.1 Å². The Morgan fingerprint density at radius 2 is 2.17 bits per heavy atom. The summed E-state index contributed by atoms with van der Waals surface area (Å²) in [6, 6.07) is 5.94. The van der Waals surface area contributed by atoms with Gasteiger partial charge in [-0.05, 0) is 49.6 Å². The molecule has 1 aliphatic rings. The molecular weight excluding hydrogens is 227 g/mol. The minimum Gasteiger partial charge on any atom is -0.368 e. The quantitative estimate of drug-likeness (QED) is 0.883. The van der Waals surface area contributed by atoms with Gasteiger partial charge in [-0.3, -0.25) is 0 Å². The first-order valence-electron chi connectivity index (χ1n) is 6.82. The molecule has 0 aromatic heterocycles. The third-order valence-electron chi connectivity index (χ3n) is 3.72. The molecule has 0 bridgehead atoms. The van der Waals surface area contributed by atoms with Gasteiger partial charge in [0.2, 0.25) is 0 Å². The largest absolute Gasteiger partial charge is 0.368 e. The maximum absolute atomic E-state index is 13.7. The first kappa shape index (κ1) is 13.3. The van der Waals surface area contributed by atoms with Crippen molar-refractivity contribution in [2.75, 3.05) is 18.5 Å². The molecule has 1 atom stereocenters. The van der Waals surface area contributed by atoms with E-state index in [-0.39, 0.29) is 5.82 Å². The lowest BCUT2D eigenvalue weighted by atomic mass is 10.0. The summed E-state index contributed by atoms with van der Waals surface area (Å²) < 4.78 is 13.7. The highest BCUT2D eigenvalue weighted by atomic mass is 19.1. The Morgan fingerprint density at radius 3 is 2.83 bits per heavy atom. The standard InChI is InChI=1S/C15H23FN2/c1-11(2)15-5-4-6-18(15)14-8-12(10-17-3)7-13(16)9-14/h7-9,11,15,17H,4-6,10H2,1-3H3. The first-order valence-corrected chi connectivity index (χ1v) is 6.82. The second kappa shape index (κ2) is 5.70. The molecule has 2 nitrogen and oxygen atoms in total. The molecule has 100 valence electrons. The van der Waals surface area contributed by atoms with E-state index in [1.807, 2.05) is 7.05 Å². The number of halogens is 1. The minimum absolute atomic E-state index is 0.132. The summed E-state index contributed by atoms with van der Waals surface area (Å²) in [5, 5.41) is 3.08. The Hall–Kier alpha value is -1.09. The molecule has 2 rings (SSSR count). The van der Waals surface area contributed by atoms with Crippen molar-refractivity contribution in [3.8, 4) is 0 Å². The predicted octanol–water partition coefficient (Wildman–Crippen LogP) is 3.17. The number of hydrogen-bond acceptors (Lipinski definition) is 2. The Bertz CT molecular complexity index is 403. The summed E-state index contributed by atoms with van der Waals surface area (Å²) in [4.78, 5) is 2.37. The molecule has 0 amide bonds. The van der Waals surface area contributed by atoms with Crippen molar-refractivity contribution >= 4 is 5.69 Å². The van der Waals surface area contributed by atoms with Crippen LogP contribution < -0.4 is 10.2 Å². The molecule has 1 aliphatic heterocycles. The zero-order valence-corrected chi connectivity index (χ0v) is 11.5. The summed E-state index contributed by atoms with van der Waals surface area (Å²) in [6.45, 7) is 6.25. The van der Waals surface area contributed by atoms with E-state index in [0.29, 0.717) is 18.5 Å². The van der Waals surface area contributed by atoms with Crippen LogP contribution in [0.5, 0.6) is 0 Å². The van der Waals surface area contributed by atoms with Gasteiger partial charge < -0.3 is 10.2 Å². The van der Waals surface area contributed by atoms with Crippen molar-refractivity contribution < 1.29 is 4.39 Å². The monoisotopic (exact) mass is 250 g/mol. The van der Waals surface area contributed by atoms with Gasteiger partial charge in [-0.25, -0.2) is 4.39 Å². The number of anilines is 1. The Morgan fingerprint density at radius 1 is 1.39 bits per heavy atom. The molecule has 1 unspecified atom stereocenters. The fourth-order valence-electron chi connectivity index (χ4n) is 2.91. The number of nitrogens with one attached hydrogen (secondary N) is 1. The van der Waals surface area contributed by atoms with Crippen LogP contribution >= 0.6 is 0 Å². The molecule has 0 saturated carbocycles. The van der Waals surface area contributed by atoms with Crippen LogP contribution in [0.3, 0.4) is 0 Å². The Labute approximate surface area is 109 Å². The molecule has 1 heterocycles. The van der Waals surface area contributed by atoms with Crippen LogP contribution in [0, 0.1) is 11.7 Å². The van der Waals surface area contributed by atoms with Crippen molar-refractivity contribution in [1.29, 1.82) is 0 Å². The summed E-state index contributed by atoms with van der Waals surface area (Å²) in [6.07, 6.45) is 2.43. The Balaban J connectivity index is 2.26. The number of hydrogen-bond donors (Lipinski definition) is 1. The third-order valence-corrected chi connectivity index (χ3v) is 3.72. The SMILES string of the molecule is CNCc1cc(F)cc(N2CCCC2C(C)C)c1. The summed E-state index contributed by atoms with van der Waals surface area (Å²) in [5.41, 5.74) is 2.05. The number of benzene rings is 1. The van der Waals surface area contributed by atoms with Gasteiger partial charge in [-0.15, -0.1) is 0 Å². The molecule has 0 spiro atoms. The fraction of sp³-hybridized carbons (Fsp3) is 0.600. The van der Waals surface area contributed by atoms with Crippen molar-refractivity contribution in [2.45, 2.75) is 39.3 Å². The van der Waals surface area contributed by atoms with Crippen LogP contribution in [0.2, 0.25) is 0 Å². The lowest BCUT2D eigenvalue weighted by molar-refractivity contribution is 0.491. The van der Waals surface area contributed by atoms with E-state index in [4.69, 9.17) is 0 Å². The van der Waals surface area contributed by atoms with Crippen LogP contribution in [-0.2, 0) is 6.54 Å². The van der Waals surface area contributed by atoms with Crippen molar-refractivity contribution in [1.82, 2.24) is 5.32 Å². The zero-order valence-electron chi connectivity index (χ0n) is 11.5. The topological polar surface area (TPSA) is 15.3 Å². The lowest BCUT2D eigenvalue weighted by Gasteiger charge is -2.30. The molecule has 1 N–H and O–H groups in total. The fourth-order valence-corrected chi connectivity index (χ4v) is 2.91. The van der Waals surface area contributed by atoms with E-state index in [1.165, 1.54) is 12.8 Å². The van der Waals surface area contributed by atoms with Crippen LogP contribution in [0.25, 0.3) is 0 Å². The smallest absolute Gasteiger partial charge is 0.125 e.